The maximum Gasteiger partial charge on any atom is 0.236 e. The maximum absolute atomic E-state index is 13.8. The van der Waals surface area contributed by atoms with Crippen molar-refractivity contribution in [2.24, 2.45) is 5.73 Å². The largest absolute Gasteiger partial charge is 0.369 e. The Balaban J connectivity index is 2.16. The minimum Gasteiger partial charge on any atom is -0.369 e. The van der Waals surface area contributed by atoms with Gasteiger partial charge in [0, 0.05) is 17.0 Å². The highest BCUT2D eigenvalue weighted by Crippen LogP contribution is 2.34. The van der Waals surface area contributed by atoms with Crippen molar-refractivity contribution in [1.29, 1.82) is 0 Å². The highest BCUT2D eigenvalue weighted by molar-refractivity contribution is 8.00. The van der Waals surface area contributed by atoms with E-state index in [1.165, 1.54) is 0 Å². The molecule has 1 aromatic heterocycles. The van der Waals surface area contributed by atoms with Crippen LogP contribution in [0.15, 0.2) is 12.1 Å². The third-order valence-electron chi connectivity index (χ3n) is 2.76. The summed E-state index contributed by atoms with van der Waals surface area (Å²) >= 11 is 2.06. The van der Waals surface area contributed by atoms with E-state index in [-0.39, 0.29) is 22.3 Å². The first-order chi connectivity index (χ1) is 11.3. The van der Waals surface area contributed by atoms with Crippen LogP contribution in [0.25, 0.3) is 11.3 Å². The van der Waals surface area contributed by atoms with Crippen LogP contribution in [0.2, 0.25) is 0 Å². The van der Waals surface area contributed by atoms with E-state index in [9.17, 15) is 22.8 Å². The van der Waals surface area contributed by atoms with E-state index in [2.05, 4.69) is 10.3 Å². The molecule has 0 bridgehead atoms. The van der Waals surface area contributed by atoms with Crippen LogP contribution in [-0.4, -0.2) is 28.3 Å². The molecule has 10 heteroatoms. The minimum atomic E-state index is -1.07. The van der Waals surface area contributed by atoms with Gasteiger partial charge >= 0.3 is 0 Å². The van der Waals surface area contributed by atoms with Crippen LogP contribution in [0.3, 0.4) is 0 Å². The van der Waals surface area contributed by atoms with E-state index in [1.54, 1.807) is 6.92 Å². The van der Waals surface area contributed by atoms with Gasteiger partial charge in [0.25, 0.3) is 0 Å². The summed E-state index contributed by atoms with van der Waals surface area (Å²) < 4.78 is 40.7. The van der Waals surface area contributed by atoms with Crippen LogP contribution in [0, 0.1) is 24.4 Å². The Kier molecular flexibility index (Phi) is 5.84. The number of anilines is 1. The normalized spacial score (nSPS) is 10.7. The lowest BCUT2D eigenvalue weighted by Gasteiger charge is -2.03. The van der Waals surface area contributed by atoms with Gasteiger partial charge in [0.15, 0.2) is 5.13 Å². The number of aryl methyl sites for hydroxylation is 1. The van der Waals surface area contributed by atoms with Crippen molar-refractivity contribution >= 4 is 40.0 Å². The summed E-state index contributed by atoms with van der Waals surface area (Å²) in [5.41, 5.74) is 4.50. The summed E-state index contributed by atoms with van der Waals surface area (Å²) in [5.74, 6) is -4.16. The first kappa shape index (κ1) is 18.3. The quantitative estimate of drug-likeness (QED) is 0.813. The van der Waals surface area contributed by atoms with Gasteiger partial charge in [-0.3, -0.25) is 9.59 Å². The van der Waals surface area contributed by atoms with Gasteiger partial charge < -0.3 is 11.1 Å². The third-order valence-corrected chi connectivity index (χ3v) is 4.61. The number of nitrogens with two attached hydrogens (primary N) is 1. The summed E-state index contributed by atoms with van der Waals surface area (Å²) in [4.78, 5) is 26.8. The second-order valence-corrected chi connectivity index (χ2v) is 6.86. The van der Waals surface area contributed by atoms with Crippen molar-refractivity contribution in [3.8, 4) is 11.3 Å². The number of hydrogen-bond acceptors (Lipinski definition) is 5. The molecule has 0 atom stereocenters. The predicted molar refractivity (Wildman–Crippen MR) is 87.3 cm³/mol. The predicted octanol–water partition coefficient (Wildman–Crippen LogP) is 2.69. The summed E-state index contributed by atoms with van der Waals surface area (Å²) in [5, 5.41) is 2.62. The SMILES string of the molecule is Cc1sc(NC(=O)CSCC(N)=O)nc1-c1c(F)cc(F)cc1F. The fourth-order valence-electron chi connectivity index (χ4n) is 1.85. The Labute approximate surface area is 143 Å². The third kappa shape index (κ3) is 4.48. The Bertz CT molecular complexity index is 773. The van der Waals surface area contributed by atoms with Gasteiger partial charge in [0.05, 0.1) is 22.8 Å². The summed E-state index contributed by atoms with van der Waals surface area (Å²) in [6.07, 6.45) is 0. The number of aromatic nitrogens is 1. The molecule has 0 spiro atoms. The number of benzene rings is 1. The molecule has 5 nitrogen and oxygen atoms in total. The van der Waals surface area contributed by atoms with Gasteiger partial charge in [-0.2, -0.15) is 0 Å². The van der Waals surface area contributed by atoms with E-state index in [4.69, 9.17) is 5.73 Å². The first-order valence-electron chi connectivity index (χ1n) is 6.56. The topological polar surface area (TPSA) is 85.1 Å². The number of nitrogens with one attached hydrogen (secondary N) is 1. The molecule has 0 saturated heterocycles. The summed E-state index contributed by atoms with van der Waals surface area (Å²) in [7, 11) is 0. The number of thioether (sulfide) groups is 1. The molecule has 0 saturated carbocycles. The van der Waals surface area contributed by atoms with E-state index >= 15 is 0 Å². The molecule has 2 rings (SSSR count). The van der Waals surface area contributed by atoms with Crippen molar-refractivity contribution in [2.75, 3.05) is 16.8 Å². The Morgan fingerprint density at radius 3 is 2.46 bits per heavy atom. The van der Waals surface area contributed by atoms with Crippen molar-refractivity contribution in [2.45, 2.75) is 6.92 Å². The number of carbonyl (C=O) groups is 2. The average Bonchev–Trinajstić information content (AvgIpc) is 2.77. The monoisotopic (exact) mass is 375 g/mol. The second-order valence-electron chi connectivity index (χ2n) is 4.68. The van der Waals surface area contributed by atoms with Gasteiger partial charge in [-0.15, -0.1) is 23.1 Å². The molecule has 0 aliphatic heterocycles. The summed E-state index contributed by atoms with van der Waals surface area (Å²) in [6, 6.07) is 1.13. The molecule has 2 amide bonds. The van der Waals surface area contributed by atoms with Crippen LogP contribution >= 0.6 is 23.1 Å². The van der Waals surface area contributed by atoms with Crippen LogP contribution in [0.5, 0.6) is 0 Å². The number of nitrogens with zero attached hydrogens (tertiary/aromatic N) is 1. The van der Waals surface area contributed by atoms with Gasteiger partial charge in [0.2, 0.25) is 11.8 Å². The molecular formula is C14H12F3N3O2S2. The number of carbonyl (C=O) groups excluding carboxylic acids is 2. The van der Waals surface area contributed by atoms with E-state index < -0.39 is 34.8 Å². The highest BCUT2D eigenvalue weighted by atomic mass is 32.2. The molecule has 0 fully saturated rings. The lowest BCUT2D eigenvalue weighted by atomic mass is 10.1. The van der Waals surface area contributed by atoms with E-state index in [0.717, 1.165) is 23.1 Å². The smallest absolute Gasteiger partial charge is 0.236 e. The van der Waals surface area contributed by atoms with Gasteiger partial charge in [-0.25, -0.2) is 18.2 Å². The molecular weight excluding hydrogens is 363 g/mol. The first-order valence-corrected chi connectivity index (χ1v) is 8.53. The standard InChI is InChI=1S/C14H12F3N3O2S2/c1-6-13(12-8(16)2-7(15)3-9(12)17)20-14(24-6)19-11(22)5-23-4-10(18)21/h2-3H,4-5H2,1H3,(H2,18,21)(H,19,20,22). The lowest BCUT2D eigenvalue weighted by Crippen LogP contribution is -2.18. The maximum atomic E-state index is 13.8. The van der Waals surface area contributed by atoms with Crippen LogP contribution in [0.4, 0.5) is 18.3 Å². The Morgan fingerprint density at radius 2 is 1.88 bits per heavy atom. The second kappa shape index (κ2) is 7.67. The molecule has 1 heterocycles. The average molecular weight is 375 g/mol. The fourth-order valence-corrected chi connectivity index (χ4v) is 3.25. The van der Waals surface area contributed by atoms with Crippen molar-refractivity contribution < 1.29 is 22.8 Å². The van der Waals surface area contributed by atoms with Crippen molar-refractivity contribution in [3.63, 3.8) is 0 Å². The molecule has 3 N–H and O–H groups in total. The lowest BCUT2D eigenvalue weighted by molar-refractivity contribution is -0.115. The summed E-state index contributed by atoms with van der Waals surface area (Å²) in [6.45, 7) is 1.58. The number of rotatable bonds is 6. The highest BCUT2D eigenvalue weighted by Gasteiger charge is 2.20. The molecule has 0 unspecified atom stereocenters. The van der Waals surface area contributed by atoms with Gasteiger partial charge in [-0.1, -0.05) is 0 Å². The van der Waals surface area contributed by atoms with E-state index in [0.29, 0.717) is 17.0 Å². The van der Waals surface area contributed by atoms with Crippen molar-refractivity contribution in [3.05, 3.63) is 34.5 Å². The zero-order chi connectivity index (χ0) is 17.9. The van der Waals surface area contributed by atoms with Gasteiger partial charge in [0.1, 0.15) is 17.5 Å². The fraction of sp³-hybridized carbons (Fsp3) is 0.214. The van der Waals surface area contributed by atoms with E-state index in [1.807, 2.05) is 0 Å². The zero-order valence-electron chi connectivity index (χ0n) is 12.4. The molecule has 1 aromatic carbocycles. The molecule has 24 heavy (non-hydrogen) atoms. The van der Waals surface area contributed by atoms with Crippen molar-refractivity contribution in [1.82, 2.24) is 4.98 Å². The molecule has 128 valence electrons. The molecule has 2 aromatic rings. The zero-order valence-corrected chi connectivity index (χ0v) is 14.0. The van der Waals surface area contributed by atoms with Crippen LogP contribution < -0.4 is 11.1 Å². The Hall–Kier alpha value is -2.07. The Morgan fingerprint density at radius 1 is 1.25 bits per heavy atom. The van der Waals surface area contributed by atoms with Gasteiger partial charge in [-0.05, 0) is 6.92 Å². The molecule has 0 aliphatic rings. The minimum absolute atomic E-state index is 0.00156. The molecule has 0 aliphatic carbocycles. The number of primary amides is 1. The number of amides is 2. The van der Waals surface area contributed by atoms with Crippen LogP contribution in [-0.2, 0) is 9.59 Å². The molecule has 0 radical (unpaired) electrons. The number of thiazole rings is 1. The van der Waals surface area contributed by atoms with Crippen LogP contribution in [0.1, 0.15) is 4.88 Å². The number of hydrogen-bond donors (Lipinski definition) is 2. The number of halogens is 3.